The molecule has 1 aromatic rings. The summed E-state index contributed by atoms with van der Waals surface area (Å²) in [4.78, 5) is 11.0. The van der Waals surface area contributed by atoms with Crippen LogP contribution in [-0.2, 0) is 18.3 Å². The smallest absolute Gasteiger partial charge is 0.291 e. The highest BCUT2D eigenvalue weighted by atomic mass is 79.9. The molecule has 0 aromatic carbocycles. The van der Waals surface area contributed by atoms with Crippen molar-refractivity contribution in [3.05, 3.63) is 15.9 Å². The van der Waals surface area contributed by atoms with Gasteiger partial charge in [-0.2, -0.15) is 13.9 Å². The van der Waals surface area contributed by atoms with Crippen LogP contribution in [0.1, 0.15) is 11.4 Å². The first kappa shape index (κ1) is 12.6. The molecule has 15 heavy (non-hydrogen) atoms. The van der Waals surface area contributed by atoms with Gasteiger partial charge >= 0.3 is 5.38 Å². The predicted octanol–water partition coefficient (Wildman–Crippen LogP) is 2.43. The zero-order valence-corrected chi connectivity index (χ0v) is 10.4. The molecule has 0 radical (unpaired) electrons. The van der Waals surface area contributed by atoms with E-state index in [9.17, 15) is 13.6 Å². The SMILES string of the molecule is Cc1nn(C)c(CC(=O)C(F)(F)Cl)c1Br. The number of rotatable bonds is 3. The van der Waals surface area contributed by atoms with Crippen LogP contribution >= 0.6 is 27.5 Å². The molecule has 0 aliphatic carbocycles. The molecule has 1 heterocycles. The number of hydrogen-bond donors (Lipinski definition) is 0. The number of halogens is 4. The number of aromatic nitrogens is 2. The largest absolute Gasteiger partial charge is 0.380 e. The fourth-order valence-corrected chi connectivity index (χ4v) is 1.67. The summed E-state index contributed by atoms with van der Waals surface area (Å²) in [5.41, 5.74) is 1.02. The van der Waals surface area contributed by atoms with Crippen LogP contribution < -0.4 is 0 Å². The number of carbonyl (C=O) groups is 1. The summed E-state index contributed by atoms with van der Waals surface area (Å²) in [5, 5.41) is 0.153. The van der Waals surface area contributed by atoms with Gasteiger partial charge in [0.15, 0.2) is 0 Å². The monoisotopic (exact) mass is 300 g/mol. The van der Waals surface area contributed by atoms with Crippen LogP contribution in [0.25, 0.3) is 0 Å². The number of aryl methyl sites for hydroxylation is 2. The highest BCUT2D eigenvalue weighted by Crippen LogP contribution is 2.26. The average molecular weight is 302 g/mol. The van der Waals surface area contributed by atoms with Crippen LogP contribution in [0, 0.1) is 6.92 Å². The van der Waals surface area contributed by atoms with Gasteiger partial charge in [-0.15, -0.1) is 0 Å². The third-order valence-electron chi connectivity index (χ3n) is 1.91. The van der Waals surface area contributed by atoms with Crippen molar-refractivity contribution in [2.75, 3.05) is 0 Å². The molecule has 1 rings (SSSR count). The minimum absolute atomic E-state index is 0.387. The molecule has 0 atom stereocenters. The maximum atomic E-state index is 12.4. The zero-order chi connectivity index (χ0) is 11.8. The summed E-state index contributed by atoms with van der Waals surface area (Å²) in [6.45, 7) is 1.71. The van der Waals surface area contributed by atoms with Crippen molar-refractivity contribution in [3.8, 4) is 0 Å². The fourth-order valence-electron chi connectivity index (χ4n) is 1.12. The van der Waals surface area contributed by atoms with Gasteiger partial charge in [0.25, 0.3) is 0 Å². The maximum Gasteiger partial charge on any atom is 0.380 e. The molecule has 3 nitrogen and oxygen atoms in total. The Bertz CT molecular complexity index is 400. The van der Waals surface area contributed by atoms with Crippen LogP contribution in [0.3, 0.4) is 0 Å². The van der Waals surface area contributed by atoms with E-state index in [2.05, 4.69) is 32.6 Å². The molecule has 0 amide bonds. The molecular formula is C8H8BrClF2N2O. The van der Waals surface area contributed by atoms with Crippen LogP contribution in [-0.4, -0.2) is 20.9 Å². The highest BCUT2D eigenvalue weighted by molar-refractivity contribution is 9.10. The second-order valence-electron chi connectivity index (χ2n) is 3.07. The maximum absolute atomic E-state index is 12.4. The molecule has 84 valence electrons. The second-order valence-corrected chi connectivity index (χ2v) is 4.34. The van der Waals surface area contributed by atoms with Crippen LogP contribution in [0.2, 0.25) is 0 Å². The molecule has 0 N–H and O–H groups in total. The van der Waals surface area contributed by atoms with E-state index in [0.717, 1.165) is 0 Å². The number of Topliss-reactive ketones (excluding diaryl/α,β-unsaturated/α-hetero) is 1. The van der Waals surface area contributed by atoms with Crippen molar-refractivity contribution >= 4 is 33.3 Å². The lowest BCUT2D eigenvalue weighted by Crippen LogP contribution is -2.24. The van der Waals surface area contributed by atoms with Gasteiger partial charge in [0.1, 0.15) is 0 Å². The normalized spacial score (nSPS) is 11.9. The molecule has 0 unspecified atom stereocenters. The van der Waals surface area contributed by atoms with E-state index >= 15 is 0 Å². The lowest BCUT2D eigenvalue weighted by atomic mass is 10.2. The third-order valence-corrected chi connectivity index (χ3v) is 3.15. The average Bonchev–Trinajstić information content (AvgIpc) is 2.30. The van der Waals surface area contributed by atoms with Gasteiger partial charge in [-0.25, -0.2) is 0 Å². The van der Waals surface area contributed by atoms with E-state index in [1.54, 1.807) is 14.0 Å². The van der Waals surface area contributed by atoms with Crippen LogP contribution in [0.5, 0.6) is 0 Å². The lowest BCUT2D eigenvalue weighted by Gasteiger charge is -2.06. The van der Waals surface area contributed by atoms with Gasteiger partial charge in [-0.1, -0.05) is 0 Å². The Kier molecular flexibility index (Phi) is 3.50. The molecule has 0 spiro atoms. The number of nitrogens with zero attached hydrogens (tertiary/aromatic N) is 2. The first-order valence-electron chi connectivity index (χ1n) is 4.01. The number of alkyl halides is 3. The van der Waals surface area contributed by atoms with Gasteiger partial charge in [0.2, 0.25) is 5.78 Å². The third kappa shape index (κ3) is 2.75. The Morgan fingerprint density at radius 2 is 2.20 bits per heavy atom. The molecule has 0 saturated carbocycles. The summed E-state index contributed by atoms with van der Waals surface area (Å²) in [7, 11) is 1.58. The molecule has 0 bridgehead atoms. The molecule has 0 saturated heterocycles. The van der Waals surface area contributed by atoms with Crippen molar-refractivity contribution in [1.29, 1.82) is 0 Å². The molecule has 1 aromatic heterocycles. The van der Waals surface area contributed by atoms with Gasteiger partial charge in [0, 0.05) is 7.05 Å². The van der Waals surface area contributed by atoms with E-state index in [0.29, 0.717) is 15.9 Å². The summed E-state index contributed by atoms with van der Waals surface area (Å²) in [5.74, 6) is -1.34. The first-order chi connectivity index (χ1) is 6.73. The molecule has 0 aliphatic rings. The van der Waals surface area contributed by atoms with Crippen molar-refractivity contribution in [2.24, 2.45) is 7.05 Å². The molecule has 7 heteroatoms. The highest BCUT2D eigenvalue weighted by Gasteiger charge is 2.36. The van der Waals surface area contributed by atoms with Crippen molar-refractivity contribution < 1.29 is 13.6 Å². The van der Waals surface area contributed by atoms with Crippen LogP contribution in [0.15, 0.2) is 4.47 Å². The van der Waals surface area contributed by atoms with Gasteiger partial charge in [-0.3, -0.25) is 9.48 Å². The van der Waals surface area contributed by atoms with Crippen LogP contribution in [0.4, 0.5) is 8.78 Å². The topological polar surface area (TPSA) is 34.9 Å². The van der Waals surface area contributed by atoms with Gasteiger partial charge < -0.3 is 0 Å². The Hall–Kier alpha value is -0.490. The van der Waals surface area contributed by atoms with E-state index in [-0.39, 0.29) is 0 Å². The van der Waals surface area contributed by atoms with E-state index in [1.807, 2.05) is 0 Å². The Morgan fingerprint density at radius 3 is 2.53 bits per heavy atom. The molecular weight excluding hydrogens is 293 g/mol. The fraction of sp³-hybridized carbons (Fsp3) is 0.500. The van der Waals surface area contributed by atoms with E-state index < -0.39 is 17.6 Å². The van der Waals surface area contributed by atoms with Crippen molar-refractivity contribution in [3.63, 3.8) is 0 Å². The zero-order valence-electron chi connectivity index (χ0n) is 8.02. The summed E-state index contributed by atoms with van der Waals surface area (Å²) >= 11 is 7.79. The lowest BCUT2D eigenvalue weighted by molar-refractivity contribution is -0.132. The molecule has 0 aliphatic heterocycles. The minimum atomic E-state index is -3.82. The van der Waals surface area contributed by atoms with Crippen molar-refractivity contribution in [2.45, 2.75) is 18.7 Å². The van der Waals surface area contributed by atoms with E-state index in [4.69, 9.17) is 0 Å². The quantitative estimate of drug-likeness (QED) is 0.804. The first-order valence-corrected chi connectivity index (χ1v) is 5.18. The summed E-state index contributed by atoms with van der Waals surface area (Å²) < 4.78 is 26.8. The number of carbonyl (C=O) groups excluding carboxylic acids is 1. The predicted molar refractivity (Wildman–Crippen MR) is 55.2 cm³/mol. The Morgan fingerprint density at radius 1 is 1.67 bits per heavy atom. The second kappa shape index (κ2) is 4.17. The van der Waals surface area contributed by atoms with Crippen molar-refractivity contribution in [1.82, 2.24) is 9.78 Å². The van der Waals surface area contributed by atoms with E-state index in [1.165, 1.54) is 4.68 Å². The number of ketones is 1. The van der Waals surface area contributed by atoms with Gasteiger partial charge in [0.05, 0.1) is 22.3 Å². The Labute approximate surface area is 98.5 Å². The number of hydrogen-bond acceptors (Lipinski definition) is 2. The Balaban J connectivity index is 2.95. The minimum Gasteiger partial charge on any atom is -0.291 e. The summed E-state index contributed by atoms with van der Waals surface area (Å²) in [6, 6.07) is 0. The summed E-state index contributed by atoms with van der Waals surface area (Å²) in [6.07, 6.45) is -0.450. The van der Waals surface area contributed by atoms with Gasteiger partial charge in [-0.05, 0) is 34.5 Å². The standard InChI is InChI=1S/C8H8BrClF2N2O/c1-4-7(9)5(14(2)13-4)3-6(15)8(10,11)12/h3H2,1-2H3. The molecule has 0 fully saturated rings.